The molecule has 0 amide bonds. The smallest absolute Gasteiger partial charge is 0.252 e. The van der Waals surface area contributed by atoms with E-state index in [1.54, 1.807) is 0 Å². The van der Waals surface area contributed by atoms with Gasteiger partial charge < -0.3 is 18.6 Å². The summed E-state index contributed by atoms with van der Waals surface area (Å²) in [6, 6.07) is 69.0. The molecule has 2 aromatic heterocycles. The first kappa shape index (κ1) is 39.6. The number of benzene rings is 9. The van der Waals surface area contributed by atoms with Crippen molar-refractivity contribution in [2.75, 3.05) is 9.80 Å². The van der Waals surface area contributed by atoms with Crippen molar-refractivity contribution < 1.29 is 8.83 Å². The van der Waals surface area contributed by atoms with Crippen molar-refractivity contribution >= 4 is 101 Å². The lowest BCUT2D eigenvalue weighted by atomic mass is 9.33. The molecular formula is C62H49BN2O2. The Kier molecular flexibility index (Phi) is 8.49. The van der Waals surface area contributed by atoms with E-state index in [0.29, 0.717) is 0 Å². The van der Waals surface area contributed by atoms with Crippen LogP contribution in [0.4, 0.5) is 34.1 Å². The van der Waals surface area contributed by atoms with Crippen LogP contribution in [0.5, 0.6) is 0 Å². The summed E-state index contributed by atoms with van der Waals surface area (Å²) < 4.78 is 13.8. The van der Waals surface area contributed by atoms with Crippen LogP contribution in [0.3, 0.4) is 0 Å². The van der Waals surface area contributed by atoms with Gasteiger partial charge in [-0.3, -0.25) is 0 Å². The van der Waals surface area contributed by atoms with Crippen LogP contribution >= 0.6 is 0 Å². The molecule has 0 atom stereocenters. The zero-order valence-corrected chi connectivity index (χ0v) is 38.7. The number of furan rings is 2. The molecule has 0 aliphatic carbocycles. The first-order valence-corrected chi connectivity index (χ1v) is 23.5. The van der Waals surface area contributed by atoms with Crippen LogP contribution < -0.4 is 26.2 Å². The molecular weight excluding hydrogens is 816 g/mol. The molecule has 322 valence electrons. The molecule has 2 aliphatic heterocycles. The Morgan fingerprint density at radius 2 is 0.806 bits per heavy atom. The van der Waals surface area contributed by atoms with Crippen molar-refractivity contribution in [1.82, 2.24) is 0 Å². The molecule has 13 rings (SSSR count). The Morgan fingerprint density at radius 3 is 1.39 bits per heavy atom. The zero-order valence-electron chi connectivity index (χ0n) is 38.7. The third kappa shape index (κ3) is 5.93. The van der Waals surface area contributed by atoms with Crippen molar-refractivity contribution in [2.45, 2.75) is 52.4 Å². The van der Waals surface area contributed by atoms with Gasteiger partial charge in [-0.1, -0.05) is 181 Å². The minimum Gasteiger partial charge on any atom is -0.455 e. The molecule has 0 fully saturated rings. The normalized spacial score (nSPS) is 13.4. The SMILES string of the molecule is CC(C)(C)c1cccc2c1oc1c(-c3ccc(N4c5ccc(-c6cccc7c6oc6c(C(C)(C)C)cccc67)cc5B5c6ccccc6N(c6ccccc6)c6cccc4c65)cc3)cccc12. The van der Waals surface area contributed by atoms with Crippen molar-refractivity contribution in [2.24, 2.45) is 0 Å². The van der Waals surface area contributed by atoms with Gasteiger partial charge in [0, 0.05) is 77.9 Å². The van der Waals surface area contributed by atoms with E-state index in [-0.39, 0.29) is 17.5 Å². The lowest BCUT2D eigenvalue weighted by Gasteiger charge is -2.44. The zero-order chi connectivity index (χ0) is 45.3. The number of nitrogens with zero attached hydrogens (tertiary/aromatic N) is 2. The third-order valence-corrected chi connectivity index (χ3v) is 14.3. The average Bonchev–Trinajstić information content (AvgIpc) is 3.92. The third-order valence-electron chi connectivity index (χ3n) is 14.3. The molecule has 5 heteroatoms. The predicted molar refractivity (Wildman–Crippen MR) is 283 cm³/mol. The van der Waals surface area contributed by atoms with Gasteiger partial charge in [0.25, 0.3) is 6.71 Å². The number of para-hydroxylation sites is 6. The highest BCUT2D eigenvalue weighted by atomic mass is 16.3. The maximum absolute atomic E-state index is 6.98. The van der Waals surface area contributed by atoms with Crippen LogP contribution in [-0.4, -0.2) is 6.71 Å². The van der Waals surface area contributed by atoms with Gasteiger partial charge in [0.15, 0.2) is 0 Å². The molecule has 11 aromatic rings. The summed E-state index contributed by atoms with van der Waals surface area (Å²) in [4.78, 5) is 4.92. The lowest BCUT2D eigenvalue weighted by molar-refractivity contribution is 0.572. The number of fused-ring (bicyclic) bond motifs is 10. The number of hydrogen-bond acceptors (Lipinski definition) is 4. The summed E-state index contributed by atoms with van der Waals surface area (Å²) in [5.41, 5.74) is 21.3. The van der Waals surface area contributed by atoms with E-state index in [2.05, 4.69) is 239 Å². The Hall–Kier alpha value is -7.76. The summed E-state index contributed by atoms with van der Waals surface area (Å²) in [6.45, 7) is 13.5. The average molecular weight is 865 g/mol. The van der Waals surface area contributed by atoms with E-state index < -0.39 is 0 Å². The van der Waals surface area contributed by atoms with E-state index in [0.717, 1.165) is 83.2 Å². The Morgan fingerprint density at radius 1 is 0.358 bits per heavy atom. The van der Waals surface area contributed by atoms with Crippen LogP contribution in [0.25, 0.3) is 66.1 Å². The van der Waals surface area contributed by atoms with Crippen molar-refractivity contribution in [3.05, 3.63) is 199 Å². The number of anilines is 6. The molecule has 9 aromatic carbocycles. The summed E-state index contributed by atoms with van der Waals surface area (Å²) in [6.07, 6.45) is 0. The summed E-state index contributed by atoms with van der Waals surface area (Å²) in [5.74, 6) is 0. The molecule has 2 aliphatic rings. The first-order chi connectivity index (χ1) is 32.5. The highest BCUT2D eigenvalue weighted by Gasteiger charge is 2.43. The molecule has 0 N–H and O–H groups in total. The van der Waals surface area contributed by atoms with Crippen LogP contribution in [0, 0.1) is 0 Å². The standard InChI is InChI=1S/C62H49BN2O2/c1-61(2,3)48-25-14-23-46-44-21-12-19-42(57(44)66-59(46)48)38-31-34-41(35-32-38)65-53-36-33-39(43-20-13-22-45-47-24-15-26-49(62(4,5)6)60(47)67-58(43)45)37-51(53)63-50-27-10-11-28-52(50)64(40-17-8-7-9-18-40)54-29-16-30-55(65)56(54)63/h7-37H,1-6H3. The fourth-order valence-electron chi connectivity index (χ4n) is 11.3. The minimum atomic E-state index is -0.0644. The monoisotopic (exact) mass is 864 g/mol. The maximum Gasteiger partial charge on any atom is 0.252 e. The second-order valence-corrected chi connectivity index (χ2v) is 20.5. The van der Waals surface area contributed by atoms with Gasteiger partial charge in [-0.15, -0.1) is 0 Å². The quantitative estimate of drug-likeness (QED) is 0.165. The maximum atomic E-state index is 6.98. The predicted octanol–water partition coefficient (Wildman–Crippen LogP) is 15.5. The van der Waals surface area contributed by atoms with E-state index in [1.165, 1.54) is 44.6 Å². The molecule has 0 bridgehead atoms. The molecule has 4 heterocycles. The first-order valence-electron chi connectivity index (χ1n) is 23.5. The van der Waals surface area contributed by atoms with E-state index in [9.17, 15) is 0 Å². The van der Waals surface area contributed by atoms with Gasteiger partial charge in [-0.25, -0.2) is 0 Å². The van der Waals surface area contributed by atoms with Crippen molar-refractivity contribution in [3.8, 4) is 22.3 Å². The fraction of sp³-hybridized carbons (Fsp3) is 0.129. The molecule has 0 unspecified atom stereocenters. The molecule has 0 radical (unpaired) electrons. The summed E-state index contributed by atoms with van der Waals surface area (Å²) >= 11 is 0. The molecule has 0 spiro atoms. The number of rotatable bonds is 4. The second-order valence-electron chi connectivity index (χ2n) is 20.5. The molecule has 0 saturated carbocycles. The molecule has 67 heavy (non-hydrogen) atoms. The van der Waals surface area contributed by atoms with Crippen molar-refractivity contribution in [3.63, 3.8) is 0 Å². The lowest BCUT2D eigenvalue weighted by Crippen LogP contribution is -2.61. The van der Waals surface area contributed by atoms with Crippen LogP contribution in [0.2, 0.25) is 0 Å². The topological polar surface area (TPSA) is 32.8 Å². The fourth-order valence-corrected chi connectivity index (χ4v) is 11.3. The minimum absolute atomic E-state index is 0.0149. The van der Waals surface area contributed by atoms with Gasteiger partial charge in [-0.2, -0.15) is 0 Å². The van der Waals surface area contributed by atoms with E-state index in [1.807, 2.05) is 0 Å². The van der Waals surface area contributed by atoms with E-state index >= 15 is 0 Å². The summed E-state index contributed by atoms with van der Waals surface area (Å²) in [7, 11) is 0. The van der Waals surface area contributed by atoms with Gasteiger partial charge in [0.2, 0.25) is 0 Å². The second kappa shape index (κ2) is 14.4. The number of hydrogen-bond donors (Lipinski definition) is 0. The Labute approximate surface area is 391 Å². The molecule has 4 nitrogen and oxygen atoms in total. The van der Waals surface area contributed by atoms with Crippen LogP contribution in [0.1, 0.15) is 52.7 Å². The van der Waals surface area contributed by atoms with Gasteiger partial charge in [-0.05, 0) is 86.9 Å². The van der Waals surface area contributed by atoms with Crippen LogP contribution in [-0.2, 0) is 10.8 Å². The highest BCUT2D eigenvalue weighted by Crippen LogP contribution is 2.47. The van der Waals surface area contributed by atoms with Crippen LogP contribution in [0.15, 0.2) is 197 Å². The van der Waals surface area contributed by atoms with E-state index in [4.69, 9.17) is 8.83 Å². The Bertz CT molecular complexity index is 3790. The van der Waals surface area contributed by atoms with Gasteiger partial charge in [0.1, 0.15) is 22.3 Å². The van der Waals surface area contributed by atoms with Gasteiger partial charge in [0.05, 0.1) is 0 Å². The van der Waals surface area contributed by atoms with Gasteiger partial charge >= 0.3 is 0 Å². The molecule has 0 saturated heterocycles. The largest absolute Gasteiger partial charge is 0.455 e. The highest BCUT2D eigenvalue weighted by molar-refractivity contribution is 7.00. The summed E-state index contributed by atoms with van der Waals surface area (Å²) in [5, 5.41) is 4.59. The van der Waals surface area contributed by atoms with Crippen molar-refractivity contribution in [1.29, 1.82) is 0 Å². The Balaban J connectivity index is 1.01.